The molecule has 2 aromatic rings. The molecule has 182 valence electrons. The molecule has 0 spiro atoms. The van der Waals surface area contributed by atoms with Crippen LogP contribution >= 0.6 is 11.8 Å². The number of ether oxygens (including phenoxy) is 1. The van der Waals surface area contributed by atoms with Gasteiger partial charge >= 0.3 is 12.1 Å². The molecule has 0 fully saturated rings. The molecule has 7 nitrogen and oxygen atoms in total. The van der Waals surface area contributed by atoms with Crippen LogP contribution < -0.4 is 10.6 Å². The molecule has 34 heavy (non-hydrogen) atoms. The van der Waals surface area contributed by atoms with Crippen molar-refractivity contribution in [3.63, 3.8) is 0 Å². The Balaban J connectivity index is 1.55. The molecule has 0 saturated heterocycles. The average molecular weight is 485 g/mol. The minimum atomic E-state index is -0.846. The van der Waals surface area contributed by atoms with Crippen LogP contribution in [0.3, 0.4) is 0 Å². The largest absolute Gasteiger partial charge is 0.481 e. The second-order valence-electron chi connectivity index (χ2n) is 8.48. The first kappa shape index (κ1) is 25.6. The summed E-state index contributed by atoms with van der Waals surface area (Å²) in [5.41, 5.74) is 4.57. The van der Waals surface area contributed by atoms with Crippen LogP contribution in [-0.4, -0.2) is 54.3 Å². The van der Waals surface area contributed by atoms with Gasteiger partial charge in [-0.15, -0.1) is 0 Å². The van der Waals surface area contributed by atoms with E-state index in [9.17, 15) is 14.4 Å². The number of fused-ring (bicyclic) bond motifs is 3. The highest BCUT2D eigenvalue weighted by Crippen LogP contribution is 2.44. The Kier molecular flexibility index (Phi) is 9.39. The maximum Gasteiger partial charge on any atom is 0.407 e. The normalized spacial score (nSPS) is 13.9. The number of amides is 2. The Labute approximate surface area is 204 Å². The summed E-state index contributed by atoms with van der Waals surface area (Å²) < 4.78 is 5.58. The van der Waals surface area contributed by atoms with Gasteiger partial charge < -0.3 is 20.5 Å². The van der Waals surface area contributed by atoms with E-state index in [0.717, 1.165) is 22.3 Å². The summed E-state index contributed by atoms with van der Waals surface area (Å²) in [6.07, 6.45) is 2.82. The highest BCUT2D eigenvalue weighted by molar-refractivity contribution is 7.98. The molecule has 2 aromatic carbocycles. The molecule has 2 atom stereocenters. The summed E-state index contributed by atoms with van der Waals surface area (Å²) in [6, 6.07) is 15.5. The number of benzene rings is 2. The number of nitrogens with one attached hydrogen (secondary N) is 2. The first-order valence-electron chi connectivity index (χ1n) is 11.5. The third-order valence-electron chi connectivity index (χ3n) is 6.10. The summed E-state index contributed by atoms with van der Waals surface area (Å²) in [4.78, 5) is 36.2. The molecule has 1 aliphatic carbocycles. The first-order chi connectivity index (χ1) is 16.4. The third-order valence-corrected chi connectivity index (χ3v) is 6.74. The molecule has 8 heteroatoms. The molecule has 2 unspecified atom stereocenters. The zero-order valence-corrected chi connectivity index (χ0v) is 20.4. The van der Waals surface area contributed by atoms with Crippen molar-refractivity contribution in [1.82, 2.24) is 10.6 Å². The second kappa shape index (κ2) is 12.5. The van der Waals surface area contributed by atoms with Gasteiger partial charge in [0, 0.05) is 12.5 Å². The van der Waals surface area contributed by atoms with Gasteiger partial charge in [-0.1, -0.05) is 55.5 Å². The van der Waals surface area contributed by atoms with Crippen molar-refractivity contribution in [2.75, 3.05) is 25.2 Å². The summed E-state index contributed by atoms with van der Waals surface area (Å²) in [7, 11) is 0. The number of aliphatic carboxylic acids is 1. The molecule has 0 aliphatic heterocycles. The second-order valence-corrected chi connectivity index (χ2v) is 9.46. The summed E-state index contributed by atoms with van der Waals surface area (Å²) >= 11 is 1.59. The maximum atomic E-state index is 12.6. The van der Waals surface area contributed by atoms with Gasteiger partial charge in [0.1, 0.15) is 12.6 Å². The van der Waals surface area contributed by atoms with Crippen molar-refractivity contribution < 1.29 is 24.2 Å². The van der Waals surface area contributed by atoms with Crippen LogP contribution in [0.5, 0.6) is 0 Å². The summed E-state index contributed by atoms with van der Waals surface area (Å²) in [5, 5.41) is 14.5. The molecule has 0 heterocycles. The number of carboxylic acid groups (broad SMARTS) is 1. The molecule has 3 N–H and O–H groups in total. The quantitative estimate of drug-likeness (QED) is 0.389. The van der Waals surface area contributed by atoms with Gasteiger partial charge in [0.25, 0.3) is 0 Å². The Morgan fingerprint density at radius 2 is 1.65 bits per heavy atom. The van der Waals surface area contributed by atoms with E-state index in [0.29, 0.717) is 31.6 Å². The monoisotopic (exact) mass is 484 g/mol. The number of alkyl carbamates (subject to hydrolysis) is 1. The van der Waals surface area contributed by atoms with Gasteiger partial charge in [-0.3, -0.25) is 9.59 Å². The van der Waals surface area contributed by atoms with Crippen LogP contribution in [0.2, 0.25) is 0 Å². The standard InChI is InChI=1S/C26H32N2O5S/c1-17(25(30)31)8-7-14-27-24(29)23(13-15-34-2)28-26(32)33-16-22-20-11-5-3-9-18(20)19-10-4-6-12-21(19)22/h3-6,9-12,17,22-23H,7-8,13-16H2,1-2H3,(H,27,29)(H,28,32)(H,30,31). The number of rotatable bonds is 12. The van der Waals surface area contributed by atoms with Crippen LogP contribution in [-0.2, 0) is 14.3 Å². The van der Waals surface area contributed by atoms with E-state index in [1.807, 2.05) is 30.5 Å². The van der Waals surface area contributed by atoms with Crippen LogP contribution in [0.15, 0.2) is 48.5 Å². The van der Waals surface area contributed by atoms with Crippen molar-refractivity contribution in [2.45, 2.75) is 38.1 Å². The summed E-state index contributed by atoms with van der Waals surface area (Å²) in [6.45, 7) is 2.19. The molecule has 1 aliphatic rings. The fourth-order valence-corrected chi connectivity index (χ4v) is 4.62. The minimum Gasteiger partial charge on any atom is -0.481 e. The molecular weight excluding hydrogens is 452 g/mol. The van der Waals surface area contributed by atoms with Gasteiger partial charge in [0.2, 0.25) is 5.91 Å². The van der Waals surface area contributed by atoms with E-state index in [-0.39, 0.29) is 18.4 Å². The van der Waals surface area contributed by atoms with E-state index in [2.05, 4.69) is 34.9 Å². The fraction of sp³-hybridized carbons (Fsp3) is 0.423. The van der Waals surface area contributed by atoms with Crippen molar-refractivity contribution in [3.05, 3.63) is 59.7 Å². The molecule has 3 rings (SSSR count). The molecule has 2 amide bonds. The van der Waals surface area contributed by atoms with Crippen LogP contribution in [0, 0.1) is 5.92 Å². The fourth-order valence-electron chi connectivity index (χ4n) is 4.15. The van der Waals surface area contributed by atoms with E-state index in [1.54, 1.807) is 18.7 Å². The van der Waals surface area contributed by atoms with E-state index < -0.39 is 24.0 Å². The van der Waals surface area contributed by atoms with Gasteiger partial charge in [0.05, 0.1) is 5.92 Å². The lowest BCUT2D eigenvalue weighted by atomic mass is 9.98. The highest BCUT2D eigenvalue weighted by atomic mass is 32.2. The number of carbonyl (C=O) groups is 3. The zero-order valence-electron chi connectivity index (χ0n) is 19.6. The van der Waals surface area contributed by atoms with Crippen molar-refractivity contribution in [1.29, 1.82) is 0 Å². The van der Waals surface area contributed by atoms with Gasteiger partial charge in [0.15, 0.2) is 0 Å². The van der Waals surface area contributed by atoms with Gasteiger partial charge in [-0.2, -0.15) is 11.8 Å². The minimum absolute atomic E-state index is 0.0483. The number of carbonyl (C=O) groups excluding carboxylic acids is 2. The lowest BCUT2D eigenvalue weighted by molar-refractivity contribution is -0.141. The topological polar surface area (TPSA) is 105 Å². The van der Waals surface area contributed by atoms with Crippen LogP contribution in [0.4, 0.5) is 4.79 Å². The Morgan fingerprint density at radius 1 is 1.03 bits per heavy atom. The number of carboxylic acids is 1. The molecule has 0 radical (unpaired) electrons. The highest BCUT2D eigenvalue weighted by Gasteiger charge is 2.29. The predicted molar refractivity (Wildman–Crippen MR) is 134 cm³/mol. The Morgan fingerprint density at radius 3 is 2.24 bits per heavy atom. The predicted octanol–water partition coefficient (Wildman–Crippen LogP) is 4.26. The van der Waals surface area contributed by atoms with Gasteiger partial charge in [-0.05, 0) is 53.5 Å². The van der Waals surface area contributed by atoms with Crippen molar-refractivity contribution in [2.24, 2.45) is 5.92 Å². The lowest BCUT2D eigenvalue weighted by Crippen LogP contribution is -2.47. The van der Waals surface area contributed by atoms with E-state index in [1.165, 1.54) is 0 Å². The molecular formula is C26H32N2O5S. The number of hydrogen-bond acceptors (Lipinski definition) is 5. The van der Waals surface area contributed by atoms with E-state index in [4.69, 9.17) is 9.84 Å². The Bertz CT molecular complexity index is 967. The van der Waals surface area contributed by atoms with Crippen molar-refractivity contribution >= 4 is 29.7 Å². The number of thioether (sulfide) groups is 1. The first-order valence-corrected chi connectivity index (χ1v) is 12.9. The SMILES string of the molecule is CSCCC(NC(=O)OCC1c2ccccc2-c2ccccc21)C(=O)NCCCC(C)C(=O)O. The third kappa shape index (κ3) is 6.53. The molecule has 0 bridgehead atoms. The maximum absolute atomic E-state index is 12.6. The zero-order chi connectivity index (χ0) is 24.5. The lowest BCUT2D eigenvalue weighted by Gasteiger charge is -2.19. The number of hydrogen-bond donors (Lipinski definition) is 3. The van der Waals surface area contributed by atoms with Gasteiger partial charge in [-0.25, -0.2) is 4.79 Å². The van der Waals surface area contributed by atoms with Crippen LogP contribution in [0.1, 0.15) is 43.2 Å². The van der Waals surface area contributed by atoms with Crippen molar-refractivity contribution in [3.8, 4) is 11.1 Å². The molecule has 0 saturated carbocycles. The van der Waals surface area contributed by atoms with E-state index >= 15 is 0 Å². The average Bonchev–Trinajstić information content (AvgIpc) is 3.16. The smallest absolute Gasteiger partial charge is 0.407 e. The summed E-state index contributed by atoms with van der Waals surface area (Å²) in [5.74, 6) is -0.930. The molecule has 0 aromatic heterocycles. The van der Waals surface area contributed by atoms with Crippen LogP contribution in [0.25, 0.3) is 11.1 Å². The Hall–Kier alpha value is -3.00.